The van der Waals surface area contributed by atoms with Gasteiger partial charge < -0.3 is 14.9 Å². The minimum Gasteiger partial charge on any atom is -0.503 e. The zero-order valence-corrected chi connectivity index (χ0v) is 9.42. The van der Waals surface area contributed by atoms with E-state index >= 15 is 0 Å². The molecule has 0 saturated carbocycles. The molecule has 0 aliphatic heterocycles. The van der Waals surface area contributed by atoms with Crippen LogP contribution in [-0.2, 0) is 17.1 Å². The van der Waals surface area contributed by atoms with Crippen LogP contribution in [0.1, 0.15) is 11.1 Å². The number of nitrogens with zero attached hydrogens (tertiary/aromatic N) is 1. The monoisotopic (exact) mass is 285 g/mol. The van der Waals surface area contributed by atoms with Crippen LogP contribution in [0.25, 0.3) is 0 Å². The zero-order chi connectivity index (χ0) is 13.9. The van der Waals surface area contributed by atoms with Crippen molar-refractivity contribution in [3.8, 4) is 11.6 Å². The van der Waals surface area contributed by atoms with Crippen molar-refractivity contribution in [3.63, 3.8) is 0 Å². The number of aromatic nitrogens is 1. The number of alkyl halides is 4. The average molecular weight is 286 g/mol. The maximum atomic E-state index is 12.0. The number of carbonyl (C=O) groups is 1. The summed E-state index contributed by atoms with van der Waals surface area (Å²) in [6, 6.07) is 0. The molecule has 0 atom stereocenters. The molecule has 2 N–H and O–H groups in total. The van der Waals surface area contributed by atoms with Crippen molar-refractivity contribution < 1.29 is 32.9 Å². The first-order chi connectivity index (χ1) is 8.24. The van der Waals surface area contributed by atoms with Crippen molar-refractivity contribution in [3.05, 3.63) is 17.3 Å². The molecule has 0 amide bonds. The largest absolute Gasteiger partial charge is 0.574 e. The summed E-state index contributed by atoms with van der Waals surface area (Å²) in [5, 5.41) is 18.1. The highest BCUT2D eigenvalue weighted by atomic mass is 35.5. The van der Waals surface area contributed by atoms with Crippen LogP contribution in [0.2, 0.25) is 0 Å². The van der Waals surface area contributed by atoms with Gasteiger partial charge >= 0.3 is 12.3 Å². The highest BCUT2D eigenvalue weighted by Gasteiger charge is 2.34. The Hall–Kier alpha value is -1.70. The summed E-state index contributed by atoms with van der Waals surface area (Å²) in [6.45, 7) is 0. The minimum absolute atomic E-state index is 0.0181. The van der Waals surface area contributed by atoms with E-state index in [1.54, 1.807) is 0 Å². The van der Waals surface area contributed by atoms with E-state index in [4.69, 9.17) is 16.7 Å². The second-order valence-corrected chi connectivity index (χ2v) is 3.43. The number of carboxylic acids is 1. The minimum atomic E-state index is -5.01. The fourth-order valence-corrected chi connectivity index (χ4v) is 1.50. The van der Waals surface area contributed by atoms with E-state index < -0.39 is 30.4 Å². The van der Waals surface area contributed by atoms with Crippen LogP contribution in [0.5, 0.6) is 11.6 Å². The van der Waals surface area contributed by atoms with Gasteiger partial charge in [0, 0.05) is 11.8 Å². The fourth-order valence-electron chi connectivity index (χ4n) is 1.21. The van der Waals surface area contributed by atoms with Crippen LogP contribution in [0, 0.1) is 0 Å². The van der Waals surface area contributed by atoms with Crippen molar-refractivity contribution >= 4 is 17.6 Å². The molecule has 0 saturated heterocycles. The van der Waals surface area contributed by atoms with Gasteiger partial charge in [0.05, 0.1) is 12.3 Å². The average Bonchev–Trinajstić information content (AvgIpc) is 2.20. The topological polar surface area (TPSA) is 79.7 Å². The van der Waals surface area contributed by atoms with Gasteiger partial charge in [-0.25, -0.2) is 4.98 Å². The number of rotatable bonds is 4. The lowest BCUT2D eigenvalue weighted by molar-refractivity contribution is -0.276. The number of aliphatic carboxylic acids is 1. The molecule has 0 aromatic carbocycles. The fraction of sp³-hybridized carbons (Fsp3) is 0.333. The molecule has 0 bridgehead atoms. The standard InChI is InChI=1S/C9H7ClF3NO4/c10-2-5-4(1-6(15)16)3-14-8(7(5)17)18-9(11,12)13/h3,17H,1-2H2,(H,15,16). The van der Waals surface area contributed by atoms with Crippen molar-refractivity contribution in [2.24, 2.45) is 0 Å². The zero-order valence-electron chi connectivity index (χ0n) is 8.66. The SMILES string of the molecule is O=C(O)Cc1cnc(OC(F)(F)F)c(O)c1CCl. The molecule has 1 heterocycles. The summed E-state index contributed by atoms with van der Waals surface area (Å²) in [7, 11) is 0. The summed E-state index contributed by atoms with van der Waals surface area (Å²) in [5.41, 5.74) is -0.141. The van der Waals surface area contributed by atoms with E-state index in [2.05, 4.69) is 9.72 Å². The van der Waals surface area contributed by atoms with Crippen molar-refractivity contribution in [2.45, 2.75) is 18.7 Å². The van der Waals surface area contributed by atoms with Crippen LogP contribution < -0.4 is 4.74 Å². The number of pyridine rings is 1. The van der Waals surface area contributed by atoms with Gasteiger partial charge in [0.15, 0.2) is 5.75 Å². The predicted octanol–water partition coefficient (Wildman–Crippen LogP) is 2.05. The second-order valence-electron chi connectivity index (χ2n) is 3.17. The van der Waals surface area contributed by atoms with Gasteiger partial charge in [0.1, 0.15) is 0 Å². The first-order valence-corrected chi connectivity index (χ1v) is 5.01. The third kappa shape index (κ3) is 3.66. The Morgan fingerprint density at radius 3 is 2.56 bits per heavy atom. The molecule has 1 rings (SSSR count). The Kier molecular flexibility index (Phi) is 4.23. The van der Waals surface area contributed by atoms with E-state index in [0.717, 1.165) is 6.20 Å². The molecular weight excluding hydrogens is 279 g/mol. The predicted molar refractivity (Wildman–Crippen MR) is 53.5 cm³/mol. The summed E-state index contributed by atoms with van der Waals surface area (Å²) in [4.78, 5) is 13.7. The van der Waals surface area contributed by atoms with Crippen LogP contribution in [-0.4, -0.2) is 27.5 Å². The number of hydrogen-bond acceptors (Lipinski definition) is 4. The first kappa shape index (κ1) is 14.4. The van der Waals surface area contributed by atoms with Gasteiger partial charge in [-0.15, -0.1) is 24.8 Å². The Balaban J connectivity index is 3.15. The van der Waals surface area contributed by atoms with E-state index in [1.165, 1.54) is 0 Å². The maximum absolute atomic E-state index is 12.0. The summed E-state index contributed by atoms with van der Waals surface area (Å²) in [6.07, 6.45) is -4.66. The van der Waals surface area contributed by atoms with E-state index in [-0.39, 0.29) is 17.0 Å². The smallest absolute Gasteiger partial charge is 0.503 e. The van der Waals surface area contributed by atoms with Crippen LogP contribution in [0.3, 0.4) is 0 Å². The Labute approximate surface area is 104 Å². The first-order valence-electron chi connectivity index (χ1n) is 4.47. The Morgan fingerprint density at radius 1 is 1.50 bits per heavy atom. The van der Waals surface area contributed by atoms with Gasteiger partial charge in [-0.3, -0.25) is 4.79 Å². The van der Waals surface area contributed by atoms with E-state index in [1.807, 2.05) is 0 Å². The molecule has 0 aliphatic carbocycles. The molecule has 0 aliphatic rings. The Morgan fingerprint density at radius 2 is 2.11 bits per heavy atom. The third-order valence-electron chi connectivity index (χ3n) is 1.90. The molecule has 1 aromatic heterocycles. The number of carboxylic acid groups (broad SMARTS) is 1. The number of aromatic hydroxyl groups is 1. The molecule has 0 spiro atoms. The van der Waals surface area contributed by atoms with Crippen LogP contribution in [0.15, 0.2) is 6.20 Å². The van der Waals surface area contributed by atoms with Gasteiger partial charge in [-0.1, -0.05) is 0 Å². The second kappa shape index (κ2) is 5.30. The molecule has 1 aromatic rings. The van der Waals surface area contributed by atoms with Gasteiger partial charge in [-0.2, -0.15) is 0 Å². The molecule has 9 heteroatoms. The van der Waals surface area contributed by atoms with Crippen molar-refractivity contribution in [2.75, 3.05) is 0 Å². The van der Waals surface area contributed by atoms with Gasteiger partial charge in [0.25, 0.3) is 5.88 Å². The molecule has 18 heavy (non-hydrogen) atoms. The van der Waals surface area contributed by atoms with Crippen LogP contribution >= 0.6 is 11.6 Å². The summed E-state index contributed by atoms with van der Waals surface area (Å²) >= 11 is 5.45. The molecule has 100 valence electrons. The van der Waals surface area contributed by atoms with Crippen molar-refractivity contribution in [1.82, 2.24) is 4.98 Å². The highest BCUT2D eigenvalue weighted by Crippen LogP contribution is 2.34. The van der Waals surface area contributed by atoms with Gasteiger partial charge in [-0.05, 0) is 5.56 Å². The molecular formula is C9H7ClF3NO4. The highest BCUT2D eigenvalue weighted by molar-refractivity contribution is 6.17. The summed E-state index contributed by atoms with van der Waals surface area (Å²) in [5.74, 6) is -3.58. The normalized spacial score (nSPS) is 11.3. The molecule has 0 radical (unpaired) electrons. The quantitative estimate of drug-likeness (QED) is 0.828. The van der Waals surface area contributed by atoms with Crippen molar-refractivity contribution in [1.29, 1.82) is 0 Å². The summed E-state index contributed by atoms with van der Waals surface area (Å²) < 4.78 is 39.4. The van der Waals surface area contributed by atoms with Gasteiger partial charge in [0.2, 0.25) is 0 Å². The van der Waals surface area contributed by atoms with E-state index in [0.29, 0.717) is 0 Å². The maximum Gasteiger partial charge on any atom is 0.574 e. The molecule has 0 unspecified atom stereocenters. The number of ether oxygens (including phenoxy) is 1. The molecule has 0 fully saturated rings. The van der Waals surface area contributed by atoms with Crippen LogP contribution in [0.4, 0.5) is 13.2 Å². The molecule has 5 nitrogen and oxygen atoms in total. The van der Waals surface area contributed by atoms with E-state index in [9.17, 15) is 23.1 Å². The number of halogens is 4. The Bertz CT molecular complexity index is 464. The number of hydrogen-bond donors (Lipinski definition) is 2. The lowest BCUT2D eigenvalue weighted by atomic mass is 10.1. The lowest BCUT2D eigenvalue weighted by Crippen LogP contribution is -2.18. The lowest BCUT2D eigenvalue weighted by Gasteiger charge is -2.13. The third-order valence-corrected chi connectivity index (χ3v) is 2.17.